The Morgan fingerprint density at radius 1 is 0.727 bits per heavy atom. The molecule has 0 spiro atoms. The van der Waals surface area contributed by atoms with E-state index in [0.717, 1.165) is 77.5 Å². The van der Waals surface area contributed by atoms with E-state index in [4.69, 9.17) is 9.47 Å². The molecule has 0 radical (unpaired) electrons. The first kappa shape index (κ1) is 16.7. The standard InChI is InChI=1S/C17H32N2O3/c20-17(14-19-7-11-22-12-8-19)13-18-5-1-15(2-6-18)16-3-9-21-10-4-16/h15-17,20H,1-14H2. The summed E-state index contributed by atoms with van der Waals surface area (Å²) in [6.07, 6.45) is 4.89. The molecule has 0 bridgehead atoms. The van der Waals surface area contributed by atoms with Gasteiger partial charge in [0.15, 0.2) is 0 Å². The van der Waals surface area contributed by atoms with Crippen LogP contribution in [0.5, 0.6) is 0 Å². The molecule has 3 aliphatic rings. The Kier molecular flexibility index (Phi) is 6.51. The summed E-state index contributed by atoms with van der Waals surface area (Å²) in [6, 6.07) is 0. The van der Waals surface area contributed by atoms with Crippen LogP contribution in [-0.2, 0) is 9.47 Å². The average molecular weight is 312 g/mol. The summed E-state index contributed by atoms with van der Waals surface area (Å²) < 4.78 is 10.8. The van der Waals surface area contributed by atoms with E-state index in [0.29, 0.717) is 0 Å². The predicted octanol–water partition coefficient (Wildman–Crippen LogP) is 0.818. The highest BCUT2D eigenvalue weighted by Crippen LogP contribution is 2.31. The Morgan fingerprint density at radius 2 is 1.23 bits per heavy atom. The smallest absolute Gasteiger partial charge is 0.0793 e. The minimum Gasteiger partial charge on any atom is -0.390 e. The minimum absolute atomic E-state index is 0.224. The van der Waals surface area contributed by atoms with Crippen LogP contribution in [-0.4, -0.2) is 86.7 Å². The zero-order valence-electron chi connectivity index (χ0n) is 13.8. The van der Waals surface area contributed by atoms with E-state index < -0.39 is 0 Å². The zero-order valence-corrected chi connectivity index (χ0v) is 13.8. The largest absolute Gasteiger partial charge is 0.390 e. The molecule has 1 unspecified atom stereocenters. The molecular formula is C17H32N2O3. The number of likely N-dealkylation sites (tertiary alicyclic amines) is 1. The van der Waals surface area contributed by atoms with Gasteiger partial charge >= 0.3 is 0 Å². The topological polar surface area (TPSA) is 45.2 Å². The van der Waals surface area contributed by atoms with Crippen molar-refractivity contribution in [3.05, 3.63) is 0 Å². The Bertz CT molecular complexity index is 309. The molecule has 3 rings (SSSR count). The SMILES string of the molecule is OC(CN1CCOCC1)CN1CCC(C2CCOCC2)CC1. The number of piperidine rings is 1. The van der Waals surface area contributed by atoms with E-state index in [2.05, 4.69) is 9.80 Å². The summed E-state index contributed by atoms with van der Waals surface area (Å²) in [7, 11) is 0. The molecule has 3 heterocycles. The van der Waals surface area contributed by atoms with Gasteiger partial charge in [0, 0.05) is 39.4 Å². The van der Waals surface area contributed by atoms with Crippen LogP contribution in [0.25, 0.3) is 0 Å². The Morgan fingerprint density at radius 3 is 1.86 bits per heavy atom. The second-order valence-electron chi connectivity index (χ2n) is 7.15. The van der Waals surface area contributed by atoms with Crippen LogP contribution in [0.3, 0.4) is 0 Å². The first-order valence-electron chi connectivity index (χ1n) is 9.09. The van der Waals surface area contributed by atoms with Crippen molar-refractivity contribution in [2.24, 2.45) is 11.8 Å². The van der Waals surface area contributed by atoms with E-state index in [1.807, 2.05) is 0 Å². The molecule has 1 N–H and O–H groups in total. The highest BCUT2D eigenvalue weighted by molar-refractivity contribution is 4.81. The number of aliphatic hydroxyl groups is 1. The number of β-amino-alcohol motifs (C(OH)–C–C–N with tert-alkyl or cyclic N) is 1. The van der Waals surface area contributed by atoms with Gasteiger partial charge in [0.2, 0.25) is 0 Å². The van der Waals surface area contributed by atoms with Crippen molar-refractivity contribution in [1.29, 1.82) is 0 Å². The molecule has 3 saturated heterocycles. The van der Waals surface area contributed by atoms with Gasteiger partial charge in [0.05, 0.1) is 19.3 Å². The second kappa shape index (κ2) is 8.60. The number of aliphatic hydroxyl groups excluding tert-OH is 1. The number of hydrogen-bond acceptors (Lipinski definition) is 5. The summed E-state index contributed by atoms with van der Waals surface area (Å²) in [5, 5.41) is 10.3. The van der Waals surface area contributed by atoms with E-state index in [1.165, 1.54) is 25.7 Å². The van der Waals surface area contributed by atoms with Gasteiger partial charge in [-0.1, -0.05) is 0 Å². The van der Waals surface area contributed by atoms with E-state index in [9.17, 15) is 5.11 Å². The summed E-state index contributed by atoms with van der Waals surface area (Å²) in [6.45, 7) is 9.40. The maximum Gasteiger partial charge on any atom is 0.0793 e. The molecule has 0 aromatic carbocycles. The van der Waals surface area contributed by atoms with Gasteiger partial charge < -0.3 is 19.5 Å². The molecule has 0 amide bonds. The lowest BCUT2D eigenvalue weighted by molar-refractivity contribution is -0.00121. The summed E-state index contributed by atoms with van der Waals surface area (Å²) in [5.74, 6) is 1.77. The van der Waals surface area contributed by atoms with Gasteiger partial charge in [-0.05, 0) is 50.6 Å². The molecule has 5 heteroatoms. The molecule has 128 valence electrons. The van der Waals surface area contributed by atoms with Crippen LogP contribution in [0.1, 0.15) is 25.7 Å². The lowest BCUT2D eigenvalue weighted by atomic mass is 9.80. The second-order valence-corrected chi connectivity index (χ2v) is 7.15. The van der Waals surface area contributed by atoms with Crippen molar-refractivity contribution in [2.45, 2.75) is 31.8 Å². The summed E-state index contributed by atoms with van der Waals surface area (Å²) in [5.41, 5.74) is 0. The van der Waals surface area contributed by atoms with Crippen molar-refractivity contribution in [3.63, 3.8) is 0 Å². The highest BCUT2D eigenvalue weighted by Gasteiger charge is 2.28. The van der Waals surface area contributed by atoms with E-state index >= 15 is 0 Å². The number of morpholine rings is 1. The fourth-order valence-electron chi connectivity index (χ4n) is 4.23. The third-order valence-electron chi connectivity index (χ3n) is 5.61. The van der Waals surface area contributed by atoms with Gasteiger partial charge in [-0.2, -0.15) is 0 Å². The first-order valence-corrected chi connectivity index (χ1v) is 9.09. The first-order chi connectivity index (χ1) is 10.8. The number of rotatable bonds is 5. The molecule has 0 aromatic rings. The van der Waals surface area contributed by atoms with Gasteiger partial charge in [-0.25, -0.2) is 0 Å². The van der Waals surface area contributed by atoms with Crippen LogP contribution in [0.2, 0.25) is 0 Å². The lowest BCUT2D eigenvalue weighted by Gasteiger charge is -2.38. The van der Waals surface area contributed by atoms with Crippen molar-refractivity contribution in [3.8, 4) is 0 Å². The van der Waals surface area contributed by atoms with Gasteiger partial charge in [0.25, 0.3) is 0 Å². The van der Waals surface area contributed by atoms with Crippen LogP contribution in [0.15, 0.2) is 0 Å². The molecular weight excluding hydrogens is 280 g/mol. The summed E-state index contributed by atoms with van der Waals surface area (Å²) in [4.78, 5) is 4.78. The Balaban J connectivity index is 1.34. The zero-order chi connectivity index (χ0) is 15.2. The molecule has 3 fully saturated rings. The van der Waals surface area contributed by atoms with E-state index in [-0.39, 0.29) is 6.10 Å². The third-order valence-corrected chi connectivity index (χ3v) is 5.61. The molecule has 1 atom stereocenters. The Hall–Kier alpha value is -0.200. The van der Waals surface area contributed by atoms with Crippen LogP contribution < -0.4 is 0 Å². The number of hydrogen-bond donors (Lipinski definition) is 1. The van der Waals surface area contributed by atoms with Crippen molar-refractivity contribution >= 4 is 0 Å². The fourth-order valence-corrected chi connectivity index (χ4v) is 4.23. The minimum atomic E-state index is -0.224. The lowest BCUT2D eigenvalue weighted by Crippen LogP contribution is -2.46. The van der Waals surface area contributed by atoms with Gasteiger partial charge in [0.1, 0.15) is 0 Å². The molecule has 22 heavy (non-hydrogen) atoms. The van der Waals surface area contributed by atoms with Crippen molar-refractivity contribution in [2.75, 3.05) is 65.7 Å². The number of ether oxygens (including phenoxy) is 2. The van der Waals surface area contributed by atoms with Crippen LogP contribution in [0, 0.1) is 11.8 Å². The Labute approximate surface area is 134 Å². The normalized spacial score (nSPS) is 28.8. The molecule has 5 nitrogen and oxygen atoms in total. The van der Waals surface area contributed by atoms with Crippen molar-refractivity contribution < 1.29 is 14.6 Å². The predicted molar refractivity (Wildman–Crippen MR) is 86.0 cm³/mol. The van der Waals surface area contributed by atoms with Gasteiger partial charge in [-0.15, -0.1) is 0 Å². The van der Waals surface area contributed by atoms with Crippen molar-refractivity contribution in [1.82, 2.24) is 9.80 Å². The quantitative estimate of drug-likeness (QED) is 0.814. The maximum absolute atomic E-state index is 10.3. The highest BCUT2D eigenvalue weighted by atomic mass is 16.5. The molecule has 0 aromatic heterocycles. The summed E-state index contributed by atoms with van der Waals surface area (Å²) >= 11 is 0. The maximum atomic E-state index is 10.3. The van der Waals surface area contributed by atoms with Crippen LogP contribution in [0.4, 0.5) is 0 Å². The van der Waals surface area contributed by atoms with E-state index in [1.54, 1.807) is 0 Å². The average Bonchev–Trinajstić information content (AvgIpc) is 2.57. The molecule has 0 aliphatic carbocycles. The third kappa shape index (κ3) is 4.90. The van der Waals surface area contributed by atoms with Gasteiger partial charge in [-0.3, -0.25) is 4.90 Å². The monoisotopic (exact) mass is 312 g/mol. The van der Waals surface area contributed by atoms with Crippen LogP contribution >= 0.6 is 0 Å². The fraction of sp³-hybridized carbons (Fsp3) is 1.00. The number of nitrogens with zero attached hydrogens (tertiary/aromatic N) is 2. The molecule has 0 saturated carbocycles. The molecule has 3 aliphatic heterocycles.